The Bertz CT molecular complexity index is 765. The largest absolute Gasteiger partial charge is 0.379 e. The second-order valence-corrected chi connectivity index (χ2v) is 8.75. The van der Waals surface area contributed by atoms with Crippen molar-refractivity contribution in [3.63, 3.8) is 0 Å². The van der Waals surface area contributed by atoms with Gasteiger partial charge in [-0.05, 0) is 35.4 Å². The van der Waals surface area contributed by atoms with Gasteiger partial charge in [0, 0.05) is 49.1 Å². The summed E-state index contributed by atoms with van der Waals surface area (Å²) in [5.74, 6) is 0. The third-order valence-electron chi connectivity index (χ3n) is 5.60. The molecule has 1 N–H and O–H groups in total. The van der Waals surface area contributed by atoms with Crippen molar-refractivity contribution in [1.29, 1.82) is 0 Å². The summed E-state index contributed by atoms with van der Waals surface area (Å²) in [6.07, 6.45) is 0. The fourth-order valence-corrected chi connectivity index (χ4v) is 5.12. The summed E-state index contributed by atoms with van der Waals surface area (Å²) < 4.78 is 10.9. The molecule has 0 radical (unpaired) electrons. The highest BCUT2D eigenvalue weighted by Gasteiger charge is 2.19. The van der Waals surface area contributed by atoms with Crippen LogP contribution in [0.15, 0.2) is 46.2 Å². The van der Waals surface area contributed by atoms with Gasteiger partial charge in [0.2, 0.25) is 0 Å². The molecule has 0 aliphatic carbocycles. The standard InChI is InChI=1S/C22H27N3O2S/c1-3-19-21(13-17(1)15-24-5-9-26-10-6-24)28-22-14-18(2-4-20(22)23-19)16-25-7-11-27-12-8-25/h1-4,13-14,23H,5-12,15-16H2. The smallest absolute Gasteiger partial charge is 0.0594 e. The Kier molecular flexibility index (Phi) is 5.56. The monoisotopic (exact) mass is 397 g/mol. The van der Waals surface area contributed by atoms with E-state index in [1.807, 2.05) is 11.8 Å². The van der Waals surface area contributed by atoms with E-state index in [1.54, 1.807) is 0 Å². The van der Waals surface area contributed by atoms with Crippen LogP contribution in [-0.2, 0) is 22.6 Å². The molecule has 0 aromatic heterocycles. The Hall–Kier alpha value is -1.57. The topological polar surface area (TPSA) is 37.0 Å². The molecule has 2 aromatic rings. The minimum absolute atomic E-state index is 0.848. The van der Waals surface area contributed by atoms with Crippen molar-refractivity contribution in [2.45, 2.75) is 22.9 Å². The maximum Gasteiger partial charge on any atom is 0.0594 e. The van der Waals surface area contributed by atoms with Gasteiger partial charge in [0.05, 0.1) is 37.8 Å². The number of morpholine rings is 2. The van der Waals surface area contributed by atoms with E-state index in [4.69, 9.17) is 9.47 Å². The zero-order chi connectivity index (χ0) is 18.8. The molecule has 2 fully saturated rings. The number of fused-ring (bicyclic) bond motifs is 2. The van der Waals surface area contributed by atoms with E-state index >= 15 is 0 Å². The summed E-state index contributed by atoms with van der Waals surface area (Å²) in [4.78, 5) is 7.59. The van der Waals surface area contributed by atoms with Gasteiger partial charge in [-0.25, -0.2) is 0 Å². The van der Waals surface area contributed by atoms with Crippen molar-refractivity contribution in [2.75, 3.05) is 57.9 Å². The molecule has 5 rings (SSSR count). The molecule has 28 heavy (non-hydrogen) atoms. The molecule has 0 amide bonds. The lowest BCUT2D eigenvalue weighted by atomic mass is 10.1. The van der Waals surface area contributed by atoms with Crippen molar-refractivity contribution in [2.24, 2.45) is 0 Å². The molecular formula is C22H27N3O2S. The van der Waals surface area contributed by atoms with Crippen LogP contribution in [0.5, 0.6) is 0 Å². The van der Waals surface area contributed by atoms with Crippen LogP contribution >= 0.6 is 11.8 Å². The van der Waals surface area contributed by atoms with Gasteiger partial charge in [-0.15, -0.1) is 0 Å². The molecule has 0 bridgehead atoms. The number of nitrogens with one attached hydrogen (secondary N) is 1. The van der Waals surface area contributed by atoms with Crippen LogP contribution in [0.1, 0.15) is 11.1 Å². The first-order valence-electron chi connectivity index (χ1n) is 10.1. The minimum atomic E-state index is 0.848. The van der Waals surface area contributed by atoms with Gasteiger partial charge in [-0.2, -0.15) is 0 Å². The quantitative estimate of drug-likeness (QED) is 0.726. The van der Waals surface area contributed by atoms with Gasteiger partial charge < -0.3 is 14.8 Å². The van der Waals surface area contributed by atoms with E-state index in [1.165, 1.54) is 32.3 Å². The van der Waals surface area contributed by atoms with Gasteiger partial charge in [0.15, 0.2) is 0 Å². The third kappa shape index (κ3) is 4.21. The average molecular weight is 398 g/mol. The highest BCUT2D eigenvalue weighted by Crippen LogP contribution is 2.45. The van der Waals surface area contributed by atoms with Gasteiger partial charge in [-0.3, -0.25) is 9.80 Å². The molecule has 2 saturated heterocycles. The summed E-state index contributed by atoms with van der Waals surface area (Å²) in [7, 11) is 0. The summed E-state index contributed by atoms with van der Waals surface area (Å²) >= 11 is 1.89. The second kappa shape index (κ2) is 8.43. The molecule has 2 aromatic carbocycles. The Morgan fingerprint density at radius 3 is 1.64 bits per heavy atom. The molecular weight excluding hydrogens is 370 g/mol. The number of rotatable bonds is 4. The number of hydrogen-bond donors (Lipinski definition) is 1. The van der Waals surface area contributed by atoms with Crippen LogP contribution in [0.2, 0.25) is 0 Å². The summed E-state index contributed by atoms with van der Waals surface area (Å²) in [5.41, 5.74) is 5.18. The summed E-state index contributed by atoms with van der Waals surface area (Å²) in [6, 6.07) is 13.6. The van der Waals surface area contributed by atoms with Crippen LogP contribution in [0.25, 0.3) is 0 Å². The van der Waals surface area contributed by atoms with Crippen LogP contribution in [-0.4, -0.2) is 62.4 Å². The van der Waals surface area contributed by atoms with Crippen molar-refractivity contribution in [1.82, 2.24) is 9.80 Å². The third-order valence-corrected chi connectivity index (χ3v) is 6.72. The van der Waals surface area contributed by atoms with E-state index in [2.05, 4.69) is 51.5 Å². The van der Waals surface area contributed by atoms with Crippen LogP contribution in [0.3, 0.4) is 0 Å². The highest BCUT2D eigenvalue weighted by atomic mass is 32.2. The number of benzene rings is 2. The first-order valence-corrected chi connectivity index (χ1v) is 11.0. The minimum Gasteiger partial charge on any atom is -0.379 e. The lowest BCUT2D eigenvalue weighted by molar-refractivity contribution is 0.0341. The molecule has 0 saturated carbocycles. The maximum absolute atomic E-state index is 5.47. The molecule has 148 valence electrons. The molecule has 3 heterocycles. The SMILES string of the molecule is c1cc2c(cc1CN1CCOCC1)Sc1cc(CN3CCOCC3)ccc1N2. The zero-order valence-corrected chi connectivity index (χ0v) is 17.0. The van der Waals surface area contributed by atoms with Crippen molar-refractivity contribution in [3.8, 4) is 0 Å². The van der Waals surface area contributed by atoms with Crippen molar-refractivity contribution in [3.05, 3.63) is 47.5 Å². The Morgan fingerprint density at radius 2 is 1.18 bits per heavy atom. The number of ether oxygens (including phenoxy) is 2. The van der Waals surface area contributed by atoms with Crippen LogP contribution in [0, 0.1) is 0 Å². The average Bonchev–Trinajstić information content (AvgIpc) is 2.74. The fraction of sp³-hybridized carbons (Fsp3) is 0.455. The van der Waals surface area contributed by atoms with Crippen LogP contribution < -0.4 is 5.32 Å². The van der Waals surface area contributed by atoms with Gasteiger partial charge in [-0.1, -0.05) is 23.9 Å². The Balaban J connectivity index is 1.30. The van der Waals surface area contributed by atoms with E-state index in [0.717, 1.165) is 65.7 Å². The second-order valence-electron chi connectivity index (χ2n) is 7.67. The molecule has 0 unspecified atom stereocenters. The number of anilines is 2. The van der Waals surface area contributed by atoms with Crippen LogP contribution in [0.4, 0.5) is 11.4 Å². The predicted octanol–water partition coefficient (Wildman–Crippen LogP) is 3.56. The molecule has 5 nitrogen and oxygen atoms in total. The Labute approximate surface area is 171 Å². The molecule has 0 atom stereocenters. The van der Waals surface area contributed by atoms with Crippen molar-refractivity contribution >= 4 is 23.1 Å². The van der Waals surface area contributed by atoms with Crippen molar-refractivity contribution < 1.29 is 9.47 Å². The van der Waals surface area contributed by atoms with Gasteiger partial charge in [0.1, 0.15) is 0 Å². The molecule has 6 heteroatoms. The molecule has 3 aliphatic heterocycles. The first kappa shape index (κ1) is 18.5. The van der Waals surface area contributed by atoms with E-state index in [-0.39, 0.29) is 0 Å². The number of nitrogens with zero attached hydrogens (tertiary/aromatic N) is 2. The first-order chi connectivity index (χ1) is 13.8. The molecule has 3 aliphatic rings. The lowest BCUT2D eigenvalue weighted by Gasteiger charge is -2.28. The molecule has 0 spiro atoms. The number of hydrogen-bond acceptors (Lipinski definition) is 6. The van der Waals surface area contributed by atoms with E-state index in [0.29, 0.717) is 0 Å². The summed E-state index contributed by atoms with van der Waals surface area (Å²) in [5, 5.41) is 3.61. The van der Waals surface area contributed by atoms with E-state index < -0.39 is 0 Å². The van der Waals surface area contributed by atoms with Gasteiger partial charge in [0.25, 0.3) is 0 Å². The predicted molar refractivity (Wildman–Crippen MR) is 112 cm³/mol. The lowest BCUT2D eigenvalue weighted by Crippen LogP contribution is -2.35. The normalized spacial score (nSPS) is 20.3. The Morgan fingerprint density at radius 1 is 0.714 bits per heavy atom. The fourth-order valence-electron chi connectivity index (χ4n) is 4.00. The maximum atomic E-state index is 5.47. The van der Waals surface area contributed by atoms with E-state index in [9.17, 15) is 0 Å². The van der Waals surface area contributed by atoms with Gasteiger partial charge >= 0.3 is 0 Å². The highest BCUT2D eigenvalue weighted by molar-refractivity contribution is 7.99. The summed E-state index contributed by atoms with van der Waals surface area (Å²) in [6.45, 7) is 9.49. The zero-order valence-electron chi connectivity index (χ0n) is 16.2.